The van der Waals surface area contributed by atoms with Gasteiger partial charge in [-0.1, -0.05) is 18.5 Å². The molecule has 0 N–H and O–H groups in total. The fourth-order valence-corrected chi connectivity index (χ4v) is 7.30. The second kappa shape index (κ2) is 6.85. The van der Waals surface area contributed by atoms with Crippen LogP contribution in [0.3, 0.4) is 0 Å². The molecule has 0 spiro atoms. The van der Waals surface area contributed by atoms with Crippen molar-refractivity contribution in [1.82, 2.24) is 0 Å². The first kappa shape index (κ1) is 18.6. The fraction of sp³-hybridized carbons (Fsp3) is 0.471. The normalized spacial score (nSPS) is 22.9. The molecule has 134 valence electrons. The number of thioether (sulfide) groups is 1. The second-order valence-electron chi connectivity index (χ2n) is 6.12. The number of carbonyl (C=O) groups is 3. The monoisotopic (exact) mass is 400 g/mol. The van der Waals surface area contributed by atoms with E-state index in [9.17, 15) is 22.8 Å². The molecule has 1 heterocycles. The van der Waals surface area contributed by atoms with E-state index in [-0.39, 0.29) is 46.3 Å². The Bertz CT molecular complexity index is 859. The van der Waals surface area contributed by atoms with Gasteiger partial charge in [0.05, 0.1) is 9.92 Å². The van der Waals surface area contributed by atoms with Gasteiger partial charge in [0.1, 0.15) is 10.5 Å². The van der Waals surface area contributed by atoms with Crippen molar-refractivity contribution in [1.29, 1.82) is 0 Å². The lowest BCUT2D eigenvalue weighted by Crippen LogP contribution is -2.35. The molecule has 3 rings (SSSR count). The average Bonchev–Trinajstić information content (AvgIpc) is 2.80. The Balaban J connectivity index is 2.02. The molecule has 1 aromatic carbocycles. The van der Waals surface area contributed by atoms with E-state index in [0.717, 1.165) is 0 Å². The highest BCUT2D eigenvalue weighted by molar-refractivity contribution is 8.13. The van der Waals surface area contributed by atoms with Gasteiger partial charge in [0.2, 0.25) is 0 Å². The quantitative estimate of drug-likeness (QED) is 0.570. The average molecular weight is 401 g/mol. The Labute approximate surface area is 155 Å². The predicted octanol–water partition coefficient (Wildman–Crippen LogP) is 2.87. The zero-order valence-corrected chi connectivity index (χ0v) is 16.0. The van der Waals surface area contributed by atoms with E-state index in [2.05, 4.69) is 0 Å². The van der Waals surface area contributed by atoms with E-state index < -0.39 is 26.1 Å². The molecule has 1 aromatic rings. The van der Waals surface area contributed by atoms with E-state index in [4.69, 9.17) is 11.6 Å². The van der Waals surface area contributed by atoms with Crippen LogP contribution >= 0.6 is 23.4 Å². The van der Waals surface area contributed by atoms with E-state index in [1.807, 2.05) is 6.92 Å². The maximum atomic E-state index is 12.7. The third-order valence-electron chi connectivity index (χ3n) is 4.59. The smallest absolute Gasteiger partial charge is 0.191 e. The van der Waals surface area contributed by atoms with E-state index in [1.54, 1.807) is 0 Å². The van der Waals surface area contributed by atoms with Gasteiger partial charge < -0.3 is 0 Å². The Morgan fingerprint density at radius 3 is 2.48 bits per heavy atom. The second-order valence-corrected chi connectivity index (χ2v) is 10.4. The lowest BCUT2D eigenvalue weighted by molar-refractivity contribution is -0.133. The van der Waals surface area contributed by atoms with Gasteiger partial charge in [0.25, 0.3) is 0 Å². The molecule has 0 radical (unpaired) electrons. The molecule has 1 fully saturated rings. The molecular formula is C17H17ClO5S2. The van der Waals surface area contributed by atoms with Crippen molar-refractivity contribution in [2.45, 2.75) is 42.1 Å². The number of fused-ring (bicyclic) bond motifs is 1. The molecule has 25 heavy (non-hydrogen) atoms. The van der Waals surface area contributed by atoms with Gasteiger partial charge in [0, 0.05) is 24.8 Å². The first-order valence-electron chi connectivity index (χ1n) is 8.05. The molecular weight excluding hydrogens is 384 g/mol. The van der Waals surface area contributed by atoms with Crippen molar-refractivity contribution in [3.8, 4) is 0 Å². The SMILES string of the molecule is CCSC1Cc2c(ccc(C(=O)C3C(=O)CCCC3=O)c2Cl)S1(=O)=O. The van der Waals surface area contributed by atoms with Crippen molar-refractivity contribution in [3.05, 3.63) is 28.3 Å². The highest BCUT2D eigenvalue weighted by atomic mass is 35.5. The number of Topliss-reactive ketones (excluding diaryl/α,β-unsaturated/α-hetero) is 3. The number of carbonyl (C=O) groups excluding carboxylic acids is 3. The van der Waals surface area contributed by atoms with Crippen LogP contribution < -0.4 is 0 Å². The van der Waals surface area contributed by atoms with Gasteiger partial charge in [-0.25, -0.2) is 8.42 Å². The molecule has 1 unspecified atom stereocenters. The van der Waals surface area contributed by atoms with Crippen molar-refractivity contribution in [2.75, 3.05) is 5.75 Å². The van der Waals surface area contributed by atoms with Crippen LogP contribution in [0.25, 0.3) is 0 Å². The van der Waals surface area contributed by atoms with Gasteiger partial charge >= 0.3 is 0 Å². The Morgan fingerprint density at radius 1 is 1.24 bits per heavy atom. The Kier molecular flexibility index (Phi) is 5.10. The van der Waals surface area contributed by atoms with E-state index >= 15 is 0 Å². The summed E-state index contributed by atoms with van der Waals surface area (Å²) in [4.78, 5) is 36.9. The van der Waals surface area contributed by atoms with Gasteiger partial charge in [-0.3, -0.25) is 14.4 Å². The molecule has 8 heteroatoms. The van der Waals surface area contributed by atoms with Gasteiger partial charge in [0.15, 0.2) is 27.2 Å². The molecule has 0 bridgehead atoms. The largest absolute Gasteiger partial charge is 0.298 e. The van der Waals surface area contributed by atoms with Crippen molar-refractivity contribution in [3.63, 3.8) is 0 Å². The van der Waals surface area contributed by atoms with E-state index in [0.29, 0.717) is 17.7 Å². The first-order chi connectivity index (χ1) is 11.8. The highest BCUT2D eigenvalue weighted by Crippen LogP contribution is 2.42. The standard InChI is InChI=1S/C17H17ClO5S2/c1-2-24-14-8-10-13(25(14,22)23)7-6-9(16(10)18)17(21)15-11(19)4-3-5-12(15)20/h6-7,14-15H,2-5,8H2,1H3. The minimum absolute atomic E-state index is 0.0523. The minimum Gasteiger partial charge on any atom is -0.298 e. The molecule has 0 aromatic heterocycles. The summed E-state index contributed by atoms with van der Waals surface area (Å²) < 4.78 is 24.5. The lowest BCUT2D eigenvalue weighted by atomic mass is 9.81. The number of sulfone groups is 1. The Hall–Kier alpha value is -1.18. The fourth-order valence-electron chi connectivity index (χ4n) is 3.36. The summed E-state index contributed by atoms with van der Waals surface area (Å²) in [6.07, 6.45) is 1.10. The number of hydrogen-bond donors (Lipinski definition) is 0. The van der Waals surface area contributed by atoms with E-state index in [1.165, 1.54) is 23.9 Å². The van der Waals surface area contributed by atoms with Crippen molar-refractivity contribution >= 4 is 50.5 Å². The molecule has 1 saturated carbocycles. The summed E-state index contributed by atoms with van der Waals surface area (Å²) in [6.45, 7) is 1.88. The van der Waals surface area contributed by atoms with Gasteiger partial charge in [-0.05, 0) is 29.9 Å². The maximum absolute atomic E-state index is 12.7. The van der Waals surface area contributed by atoms with Crippen LogP contribution in [0.15, 0.2) is 17.0 Å². The van der Waals surface area contributed by atoms with Gasteiger partial charge in [-0.15, -0.1) is 11.8 Å². The lowest BCUT2D eigenvalue weighted by Gasteiger charge is -2.19. The first-order valence-corrected chi connectivity index (χ1v) is 11.0. The molecule has 5 nitrogen and oxygen atoms in total. The zero-order chi connectivity index (χ0) is 18.4. The van der Waals surface area contributed by atoms with Gasteiger partial charge in [-0.2, -0.15) is 0 Å². The third-order valence-corrected chi connectivity index (χ3v) is 8.92. The predicted molar refractivity (Wildman–Crippen MR) is 95.9 cm³/mol. The van der Waals surface area contributed by atoms with Crippen molar-refractivity contribution < 1.29 is 22.8 Å². The topological polar surface area (TPSA) is 85.3 Å². The highest BCUT2D eigenvalue weighted by Gasteiger charge is 2.41. The number of rotatable bonds is 4. The third kappa shape index (κ3) is 3.06. The molecule has 1 atom stereocenters. The summed E-state index contributed by atoms with van der Waals surface area (Å²) in [5, 5.41) is 0.0523. The van der Waals surface area contributed by atoms with Crippen LogP contribution in [-0.4, -0.2) is 36.1 Å². The van der Waals surface area contributed by atoms with Crippen LogP contribution in [-0.2, 0) is 25.8 Å². The van der Waals surface area contributed by atoms with Crippen LogP contribution in [0.2, 0.25) is 5.02 Å². The summed E-state index contributed by atoms with van der Waals surface area (Å²) in [7, 11) is -3.49. The Morgan fingerprint density at radius 2 is 1.88 bits per heavy atom. The van der Waals surface area contributed by atoms with Crippen LogP contribution in [0.4, 0.5) is 0 Å². The molecule has 0 saturated heterocycles. The van der Waals surface area contributed by atoms with Crippen LogP contribution in [0, 0.1) is 5.92 Å². The maximum Gasteiger partial charge on any atom is 0.191 e. The minimum atomic E-state index is -3.49. The van der Waals surface area contributed by atoms with Crippen LogP contribution in [0.5, 0.6) is 0 Å². The number of hydrogen-bond acceptors (Lipinski definition) is 6. The zero-order valence-electron chi connectivity index (χ0n) is 13.6. The number of ketones is 3. The summed E-state index contributed by atoms with van der Waals surface area (Å²) in [5.74, 6) is -2.05. The molecule has 2 aliphatic rings. The van der Waals surface area contributed by atoms with Crippen LogP contribution in [0.1, 0.15) is 42.1 Å². The number of halogens is 1. The van der Waals surface area contributed by atoms with Crippen molar-refractivity contribution in [2.24, 2.45) is 5.92 Å². The summed E-state index contributed by atoms with van der Waals surface area (Å²) in [6, 6.07) is 2.70. The molecule has 0 amide bonds. The molecule has 1 aliphatic heterocycles. The summed E-state index contributed by atoms with van der Waals surface area (Å²) in [5.41, 5.74) is 0.473. The number of benzene rings is 1. The summed E-state index contributed by atoms with van der Waals surface area (Å²) >= 11 is 7.65. The molecule has 1 aliphatic carbocycles.